The van der Waals surface area contributed by atoms with Crippen molar-refractivity contribution in [3.8, 4) is 11.4 Å². The lowest BCUT2D eigenvalue weighted by atomic mass is 10.1. The summed E-state index contributed by atoms with van der Waals surface area (Å²) in [5.74, 6) is 0.653. The van der Waals surface area contributed by atoms with Gasteiger partial charge in [-0.05, 0) is 31.9 Å². The van der Waals surface area contributed by atoms with Gasteiger partial charge in [-0.2, -0.15) is 0 Å². The summed E-state index contributed by atoms with van der Waals surface area (Å²) in [4.78, 5) is 8.95. The normalized spacial score (nSPS) is 10.7. The molecule has 1 N–H and O–H groups in total. The molecule has 1 aromatic heterocycles. The van der Waals surface area contributed by atoms with Gasteiger partial charge in [0.2, 0.25) is 0 Å². The van der Waals surface area contributed by atoms with Crippen LogP contribution in [0.25, 0.3) is 11.4 Å². The van der Waals surface area contributed by atoms with Crippen molar-refractivity contribution in [2.45, 2.75) is 33.6 Å². The minimum atomic E-state index is -0.480. The zero-order chi connectivity index (χ0) is 15.4. The summed E-state index contributed by atoms with van der Waals surface area (Å²) >= 11 is 5.85. The number of rotatable bonds is 5. The maximum Gasteiger partial charge on any atom is 0.164 e. The Bertz CT molecular complexity index is 644. The number of benzene rings is 1. The van der Waals surface area contributed by atoms with Gasteiger partial charge in [-0.1, -0.05) is 31.5 Å². The highest BCUT2D eigenvalue weighted by atomic mass is 35.5. The van der Waals surface area contributed by atoms with Crippen molar-refractivity contribution in [1.29, 1.82) is 0 Å². The Kier molecular flexibility index (Phi) is 5.12. The molecule has 0 bridgehead atoms. The van der Waals surface area contributed by atoms with E-state index < -0.39 is 5.82 Å². The van der Waals surface area contributed by atoms with E-state index in [9.17, 15) is 4.39 Å². The number of nitrogens with zero attached hydrogens (tertiary/aromatic N) is 2. The summed E-state index contributed by atoms with van der Waals surface area (Å²) in [5, 5.41) is 3.36. The molecule has 2 aromatic rings. The Hall–Kier alpha value is -1.68. The van der Waals surface area contributed by atoms with Gasteiger partial charge in [0, 0.05) is 17.8 Å². The van der Waals surface area contributed by atoms with Crippen molar-refractivity contribution in [3.05, 3.63) is 40.3 Å². The molecule has 0 amide bonds. The Labute approximate surface area is 129 Å². The fourth-order valence-corrected chi connectivity index (χ4v) is 2.29. The fraction of sp³-hybridized carbons (Fsp3) is 0.375. The van der Waals surface area contributed by atoms with Gasteiger partial charge in [-0.25, -0.2) is 14.4 Å². The average molecular weight is 308 g/mol. The molecule has 21 heavy (non-hydrogen) atoms. The topological polar surface area (TPSA) is 37.8 Å². The molecular formula is C16H19ClFN3. The molecule has 0 spiro atoms. The van der Waals surface area contributed by atoms with E-state index in [1.165, 1.54) is 6.07 Å². The van der Waals surface area contributed by atoms with Crippen LogP contribution in [0, 0.1) is 12.7 Å². The van der Waals surface area contributed by atoms with Crippen LogP contribution in [0.5, 0.6) is 0 Å². The minimum absolute atomic E-state index is 0.0813. The summed E-state index contributed by atoms with van der Waals surface area (Å²) in [6, 6.07) is 4.87. The molecule has 0 saturated heterocycles. The molecule has 0 fully saturated rings. The summed E-state index contributed by atoms with van der Waals surface area (Å²) in [7, 11) is 0. The largest absolute Gasteiger partial charge is 0.370 e. The number of hydrogen-bond donors (Lipinski definition) is 1. The summed E-state index contributed by atoms with van der Waals surface area (Å²) in [6.45, 7) is 6.91. The second-order valence-electron chi connectivity index (χ2n) is 4.85. The van der Waals surface area contributed by atoms with E-state index in [4.69, 9.17) is 11.6 Å². The highest BCUT2D eigenvalue weighted by Crippen LogP contribution is 2.27. The van der Waals surface area contributed by atoms with Crippen LogP contribution in [0.2, 0.25) is 5.02 Å². The third-order valence-corrected chi connectivity index (χ3v) is 3.61. The monoisotopic (exact) mass is 307 g/mol. The van der Waals surface area contributed by atoms with Gasteiger partial charge >= 0.3 is 0 Å². The van der Waals surface area contributed by atoms with Crippen molar-refractivity contribution in [1.82, 2.24) is 9.97 Å². The molecule has 3 nitrogen and oxygen atoms in total. The zero-order valence-electron chi connectivity index (χ0n) is 12.5. The predicted molar refractivity (Wildman–Crippen MR) is 85.3 cm³/mol. The highest BCUT2D eigenvalue weighted by Gasteiger charge is 2.15. The summed E-state index contributed by atoms with van der Waals surface area (Å²) in [5.41, 5.74) is 2.26. The molecule has 0 saturated carbocycles. The average Bonchev–Trinajstić information content (AvgIpc) is 2.49. The minimum Gasteiger partial charge on any atom is -0.370 e. The summed E-state index contributed by atoms with van der Waals surface area (Å²) < 4.78 is 14.2. The van der Waals surface area contributed by atoms with Crippen LogP contribution in [0.3, 0.4) is 0 Å². The number of halogens is 2. The van der Waals surface area contributed by atoms with E-state index in [2.05, 4.69) is 22.2 Å². The molecule has 1 heterocycles. The first kappa shape index (κ1) is 15.7. The number of aryl methyl sites for hydroxylation is 1. The van der Waals surface area contributed by atoms with Crippen molar-refractivity contribution in [2.24, 2.45) is 0 Å². The van der Waals surface area contributed by atoms with Gasteiger partial charge in [0.05, 0.1) is 10.6 Å². The molecule has 0 aliphatic rings. The molecule has 0 aliphatic carbocycles. The fourth-order valence-electron chi connectivity index (χ4n) is 2.12. The first-order valence-corrected chi connectivity index (χ1v) is 7.52. The SMILES string of the molecule is CCCNc1nc(-c2cccc(Cl)c2F)nc(CC)c1C. The van der Waals surface area contributed by atoms with Crippen LogP contribution >= 0.6 is 11.6 Å². The first-order valence-electron chi connectivity index (χ1n) is 7.14. The van der Waals surface area contributed by atoms with E-state index in [0.29, 0.717) is 11.4 Å². The zero-order valence-corrected chi connectivity index (χ0v) is 13.3. The van der Waals surface area contributed by atoms with Gasteiger partial charge in [0.25, 0.3) is 0 Å². The Morgan fingerprint density at radius 3 is 2.67 bits per heavy atom. The number of hydrogen-bond acceptors (Lipinski definition) is 3. The van der Waals surface area contributed by atoms with Crippen LogP contribution in [0.4, 0.5) is 10.2 Å². The Morgan fingerprint density at radius 2 is 2.00 bits per heavy atom. The van der Waals surface area contributed by atoms with E-state index in [-0.39, 0.29) is 5.02 Å². The van der Waals surface area contributed by atoms with E-state index in [0.717, 1.165) is 36.5 Å². The molecule has 112 valence electrons. The van der Waals surface area contributed by atoms with Crippen LogP contribution < -0.4 is 5.32 Å². The number of aromatic nitrogens is 2. The standard InChI is InChI=1S/C16H19ClFN3/c1-4-9-19-15-10(3)13(5-2)20-16(21-15)11-7-6-8-12(17)14(11)18/h6-8H,4-5,9H2,1-3H3,(H,19,20,21). The van der Waals surface area contributed by atoms with Gasteiger partial charge in [-0.15, -0.1) is 0 Å². The van der Waals surface area contributed by atoms with E-state index >= 15 is 0 Å². The van der Waals surface area contributed by atoms with Crippen molar-refractivity contribution >= 4 is 17.4 Å². The maximum atomic E-state index is 14.2. The van der Waals surface area contributed by atoms with Gasteiger partial charge < -0.3 is 5.32 Å². The Balaban J connectivity index is 2.55. The Morgan fingerprint density at radius 1 is 1.24 bits per heavy atom. The highest BCUT2D eigenvalue weighted by molar-refractivity contribution is 6.31. The van der Waals surface area contributed by atoms with E-state index in [1.54, 1.807) is 12.1 Å². The van der Waals surface area contributed by atoms with Crippen LogP contribution in [-0.4, -0.2) is 16.5 Å². The lowest BCUT2D eigenvalue weighted by molar-refractivity contribution is 0.630. The number of anilines is 1. The lowest BCUT2D eigenvalue weighted by Crippen LogP contribution is -2.09. The maximum absolute atomic E-state index is 14.2. The molecule has 0 aliphatic heterocycles. The molecule has 2 rings (SSSR count). The molecule has 0 unspecified atom stereocenters. The smallest absolute Gasteiger partial charge is 0.164 e. The summed E-state index contributed by atoms with van der Waals surface area (Å²) in [6.07, 6.45) is 1.76. The van der Waals surface area contributed by atoms with Crippen molar-refractivity contribution in [2.75, 3.05) is 11.9 Å². The van der Waals surface area contributed by atoms with Crippen LogP contribution in [-0.2, 0) is 6.42 Å². The lowest BCUT2D eigenvalue weighted by Gasteiger charge is -2.13. The van der Waals surface area contributed by atoms with Crippen molar-refractivity contribution in [3.63, 3.8) is 0 Å². The predicted octanol–water partition coefficient (Wildman–Crippen LogP) is 4.63. The van der Waals surface area contributed by atoms with Crippen LogP contribution in [0.1, 0.15) is 31.5 Å². The first-order chi connectivity index (χ1) is 10.1. The molecule has 1 aromatic carbocycles. The van der Waals surface area contributed by atoms with Crippen molar-refractivity contribution < 1.29 is 4.39 Å². The molecule has 5 heteroatoms. The molecule has 0 radical (unpaired) electrons. The van der Waals surface area contributed by atoms with Gasteiger partial charge in [0.1, 0.15) is 5.82 Å². The van der Waals surface area contributed by atoms with Crippen LogP contribution in [0.15, 0.2) is 18.2 Å². The number of nitrogens with one attached hydrogen (secondary N) is 1. The molecular weight excluding hydrogens is 289 g/mol. The molecule has 0 atom stereocenters. The van der Waals surface area contributed by atoms with Gasteiger partial charge in [-0.3, -0.25) is 0 Å². The quantitative estimate of drug-likeness (QED) is 0.875. The van der Waals surface area contributed by atoms with Gasteiger partial charge in [0.15, 0.2) is 11.6 Å². The third kappa shape index (κ3) is 3.32. The second kappa shape index (κ2) is 6.85. The third-order valence-electron chi connectivity index (χ3n) is 3.32. The van der Waals surface area contributed by atoms with E-state index in [1.807, 2.05) is 13.8 Å². The second-order valence-corrected chi connectivity index (χ2v) is 5.26.